The Morgan fingerprint density at radius 2 is 0.759 bits per heavy atom. The smallest absolute Gasteiger partial charge is 0.220 e. The van der Waals surface area contributed by atoms with Crippen molar-refractivity contribution in [1.29, 1.82) is 0 Å². The van der Waals surface area contributed by atoms with Crippen LogP contribution in [0.1, 0.15) is 284 Å². The van der Waals surface area contributed by atoms with Gasteiger partial charge in [-0.1, -0.05) is 302 Å². The molecule has 1 heterocycles. The Kier molecular flexibility index (Phi) is 57.7. The van der Waals surface area contributed by atoms with Crippen molar-refractivity contribution in [3.05, 3.63) is 122 Å². The van der Waals surface area contributed by atoms with Crippen LogP contribution in [-0.2, 0) is 14.3 Å². The molecule has 0 radical (unpaired) electrons. The first-order valence-corrected chi connectivity index (χ1v) is 34.3. The number of aliphatic hydroxyl groups is 5. The highest BCUT2D eigenvalue weighted by atomic mass is 16.7. The SMILES string of the molecule is CC/C=C\C/C=C\C/C=C\C/C=C\C/C=C\C/C=C\C/C=C\C/C=C\CCCCCCCCCCC(=O)NC(COC1OC(CO)C(O)C(O)C1O)C(O)/C=C/CC/C=C/CCCCCCCCCCCCCCCCCCCCCCC. The molecule has 9 heteroatoms. The number of nitrogens with one attached hydrogen (secondary N) is 1. The topological polar surface area (TPSA) is 149 Å². The fraction of sp³-hybridized carbons (Fsp3) is 0.716. The lowest BCUT2D eigenvalue weighted by Gasteiger charge is -2.40. The maximum absolute atomic E-state index is 13.1. The highest BCUT2D eigenvalue weighted by molar-refractivity contribution is 5.76. The molecular formula is C74H127NO8. The van der Waals surface area contributed by atoms with Crippen LogP contribution in [0.15, 0.2) is 122 Å². The molecule has 0 aliphatic carbocycles. The monoisotopic (exact) mass is 1160 g/mol. The van der Waals surface area contributed by atoms with Crippen molar-refractivity contribution in [2.45, 2.75) is 326 Å². The van der Waals surface area contributed by atoms with E-state index >= 15 is 0 Å². The van der Waals surface area contributed by atoms with Gasteiger partial charge in [0.15, 0.2) is 6.29 Å². The summed E-state index contributed by atoms with van der Waals surface area (Å²) in [7, 11) is 0. The summed E-state index contributed by atoms with van der Waals surface area (Å²) >= 11 is 0. The molecule has 0 aromatic heterocycles. The molecule has 1 rings (SSSR count). The van der Waals surface area contributed by atoms with Crippen molar-refractivity contribution in [3.8, 4) is 0 Å². The molecule has 7 atom stereocenters. The van der Waals surface area contributed by atoms with Gasteiger partial charge >= 0.3 is 0 Å². The van der Waals surface area contributed by atoms with Gasteiger partial charge in [-0.15, -0.1) is 0 Å². The maximum Gasteiger partial charge on any atom is 0.220 e. The number of carbonyl (C=O) groups excluding carboxylic acids is 1. The van der Waals surface area contributed by atoms with E-state index in [0.717, 1.165) is 103 Å². The predicted molar refractivity (Wildman–Crippen MR) is 354 cm³/mol. The largest absolute Gasteiger partial charge is 0.394 e. The van der Waals surface area contributed by atoms with Crippen molar-refractivity contribution in [2.24, 2.45) is 0 Å². The second-order valence-corrected chi connectivity index (χ2v) is 23.2. The van der Waals surface area contributed by atoms with Crippen LogP contribution in [-0.4, -0.2) is 87.5 Å². The van der Waals surface area contributed by atoms with Crippen LogP contribution in [0.4, 0.5) is 0 Å². The van der Waals surface area contributed by atoms with Crippen LogP contribution in [0.3, 0.4) is 0 Å². The summed E-state index contributed by atoms with van der Waals surface area (Å²) < 4.78 is 11.3. The van der Waals surface area contributed by atoms with Crippen LogP contribution in [0.2, 0.25) is 0 Å². The quantitative estimate of drug-likeness (QED) is 0.0261. The molecule has 1 saturated heterocycles. The van der Waals surface area contributed by atoms with E-state index < -0.39 is 49.5 Å². The Labute approximate surface area is 509 Å². The normalized spacial score (nSPS) is 19.0. The molecular weight excluding hydrogens is 1030 g/mol. The zero-order valence-corrected chi connectivity index (χ0v) is 53.2. The predicted octanol–water partition coefficient (Wildman–Crippen LogP) is 18.6. The highest BCUT2D eigenvalue weighted by Gasteiger charge is 2.44. The average molecular weight is 1160 g/mol. The van der Waals surface area contributed by atoms with Crippen LogP contribution >= 0.6 is 0 Å². The number of hydrogen-bond acceptors (Lipinski definition) is 8. The molecule has 1 amide bonds. The molecule has 6 N–H and O–H groups in total. The summed E-state index contributed by atoms with van der Waals surface area (Å²) in [6.07, 6.45) is 85.7. The van der Waals surface area contributed by atoms with Gasteiger partial charge in [0.25, 0.3) is 0 Å². The second-order valence-electron chi connectivity index (χ2n) is 23.2. The lowest BCUT2D eigenvalue weighted by atomic mass is 9.99. The van der Waals surface area contributed by atoms with Gasteiger partial charge in [0.2, 0.25) is 5.91 Å². The Bertz CT molecular complexity index is 1720. The minimum atomic E-state index is -1.58. The van der Waals surface area contributed by atoms with Crippen LogP contribution in [0.25, 0.3) is 0 Å². The van der Waals surface area contributed by atoms with E-state index in [9.17, 15) is 30.3 Å². The minimum Gasteiger partial charge on any atom is -0.394 e. The van der Waals surface area contributed by atoms with Gasteiger partial charge in [-0.25, -0.2) is 0 Å². The third-order valence-corrected chi connectivity index (χ3v) is 15.5. The van der Waals surface area contributed by atoms with E-state index in [-0.39, 0.29) is 12.5 Å². The molecule has 9 nitrogen and oxygen atoms in total. The van der Waals surface area contributed by atoms with Gasteiger partial charge in [-0.2, -0.15) is 0 Å². The first-order valence-electron chi connectivity index (χ1n) is 34.3. The zero-order chi connectivity index (χ0) is 60.0. The molecule has 0 aromatic carbocycles. The number of unbranched alkanes of at least 4 members (excludes halogenated alkanes) is 30. The second kappa shape index (κ2) is 61.7. The van der Waals surface area contributed by atoms with Gasteiger partial charge in [0.1, 0.15) is 24.4 Å². The molecule has 1 aliphatic rings. The Balaban J connectivity index is 2.20. The summed E-state index contributed by atoms with van der Waals surface area (Å²) in [6.45, 7) is 3.66. The van der Waals surface area contributed by atoms with Gasteiger partial charge in [0, 0.05) is 6.42 Å². The minimum absolute atomic E-state index is 0.198. The van der Waals surface area contributed by atoms with E-state index in [2.05, 4.69) is 129 Å². The van der Waals surface area contributed by atoms with Crippen molar-refractivity contribution >= 4 is 5.91 Å². The zero-order valence-electron chi connectivity index (χ0n) is 53.2. The van der Waals surface area contributed by atoms with E-state index in [1.807, 2.05) is 6.08 Å². The van der Waals surface area contributed by atoms with Gasteiger partial charge in [-0.05, 0) is 96.3 Å². The third kappa shape index (κ3) is 50.5. The van der Waals surface area contributed by atoms with Gasteiger partial charge in [-0.3, -0.25) is 4.79 Å². The molecule has 1 aliphatic heterocycles. The Morgan fingerprint density at radius 3 is 1.16 bits per heavy atom. The Morgan fingerprint density at radius 1 is 0.422 bits per heavy atom. The van der Waals surface area contributed by atoms with E-state index in [0.29, 0.717) is 6.42 Å². The van der Waals surface area contributed by atoms with Crippen molar-refractivity contribution in [3.63, 3.8) is 0 Å². The van der Waals surface area contributed by atoms with E-state index in [1.165, 1.54) is 161 Å². The molecule has 0 spiro atoms. The molecule has 83 heavy (non-hydrogen) atoms. The van der Waals surface area contributed by atoms with Crippen LogP contribution in [0.5, 0.6) is 0 Å². The van der Waals surface area contributed by atoms with Gasteiger partial charge < -0.3 is 40.3 Å². The lowest BCUT2D eigenvalue weighted by molar-refractivity contribution is -0.302. The van der Waals surface area contributed by atoms with E-state index in [1.54, 1.807) is 6.08 Å². The third-order valence-electron chi connectivity index (χ3n) is 15.5. The maximum atomic E-state index is 13.1. The average Bonchev–Trinajstić information content (AvgIpc) is 3.61. The molecule has 0 saturated carbocycles. The number of allylic oxidation sites excluding steroid dienone is 19. The Hall–Kier alpha value is -3.41. The summed E-state index contributed by atoms with van der Waals surface area (Å²) in [6, 6.07) is -0.837. The number of rotatable bonds is 58. The number of ether oxygens (including phenoxy) is 2. The van der Waals surface area contributed by atoms with E-state index in [4.69, 9.17) is 9.47 Å². The number of amides is 1. The fourth-order valence-electron chi connectivity index (χ4n) is 10.2. The number of carbonyl (C=O) groups is 1. The lowest BCUT2D eigenvalue weighted by Crippen LogP contribution is -2.60. The molecule has 0 bridgehead atoms. The van der Waals surface area contributed by atoms with Crippen molar-refractivity contribution < 1.29 is 39.8 Å². The summed E-state index contributed by atoms with van der Waals surface area (Å²) in [5.74, 6) is -0.198. The molecule has 0 aromatic rings. The number of hydrogen-bond donors (Lipinski definition) is 6. The first kappa shape index (κ1) is 77.6. The van der Waals surface area contributed by atoms with Crippen molar-refractivity contribution in [2.75, 3.05) is 13.2 Å². The summed E-state index contributed by atoms with van der Waals surface area (Å²) in [5, 5.41) is 54.7. The molecule has 7 unspecified atom stereocenters. The van der Waals surface area contributed by atoms with Gasteiger partial charge in [0.05, 0.1) is 25.4 Å². The fourth-order valence-corrected chi connectivity index (χ4v) is 10.2. The van der Waals surface area contributed by atoms with Crippen LogP contribution in [0, 0.1) is 0 Å². The summed E-state index contributed by atoms with van der Waals surface area (Å²) in [4.78, 5) is 13.1. The number of aliphatic hydroxyl groups excluding tert-OH is 5. The summed E-state index contributed by atoms with van der Waals surface area (Å²) in [5.41, 5.74) is 0. The highest BCUT2D eigenvalue weighted by Crippen LogP contribution is 2.23. The van der Waals surface area contributed by atoms with Crippen LogP contribution < -0.4 is 5.32 Å². The standard InChI is InChI=1S/C74H127NO8/c1-3-5-7-9-11-13-15-17-19-21-23-25-27-29-31-32-33-34-35-36-38-40-42-44-46-48-50-52-54-56-58-60-62-64-70(78)75-67(66-82-74-73(81)72(80)71(79)69(65-76)83-74)68(77)63-61-59-57-55-53-51-49-47-45-43-41-39-37-30-28-26-24-22-20-18-16-14-12-10-8-6-4-2/h5,7,11,13,17,19,23,25,29,31,33-34,36,38,42,44,53,55,61,63,67-69,71-74,76-77,79-81H,3-4,6,8-10,12,14-16,18,20-22,24,26-28,30,32,35,37,39-41,43,45-52,54,56-60,62,64-66H2,1-2H3,(H,75,78)/b7-5-,13-11-,19-17-,25-23-,31-29-,34-33-,38-36-,44-42-,55-53+,63-61+. The molecule has 1 fully saturated rings. The molecule has 476 valence electrons. The first-order chi connectivity index (χ1) is 40.8. The van der Waals surface area contributed by atoms with Crippen molar-refractivity contribution in [1.82, 2.24) is 5.32 Å².